The van der Waals surface area contributed by atoms with Gasteiger partial charge in [0.15, 0.2) is 0 Å². The lowest BCUT2D eigenvalue weighted by Gasteiger charge is -2.29. The van der Waals surface area contributed by atoms with Crippen molar-refractivity contribution < 1.29 is 0 Å². The van der Waals surface area contributed by atoms with Crippen molar-refractivity contribution in [3.05, 3.63) is 93.4 Å². The largest absolute Gasteiger partial charge is 0.352 e. The lowest BCUT2D eigenvalue weighted by Crippen LogP contribution is -2.24. The Hall–Kier alpha value is -3.17. The van der Waals surface area contributed by atoms with E-state index in [1.54, 1.807) is 17.5 Å². The fourth-order valence-electron chi connectivity index (χ4n) is 4.85. The van der Waals surface area contributed by atoms with Gasteiger partial charge in [0.25, 0.3) is 0 Å². The SMILES string of the molecule is C1=NC=c2ccccc2=CN1.NC1CCCc2c1ccc1c2CCc2ccccc2-1. The van der Waals surface area contributed by atoms with Crippen LogP contribution in [0.2, 0.25) is 0 Å². The standard InChI is InChI=1S/C18H19N.C9H8N2/c19-18-7-3-6-14-16-9-8-12-4-1-2-5-13(12)15(16)10-11-17(14)18;1-2-4-9-6-11-7-10-5-8(9)3-1/h1-2,4-5,10-11,18H,3,6-9,19H2;1-7H,(H,10,11). The lowest BCUT2D eigenvalue weighted by atomic mass is 9.77. The molecule has 3 aromatic rings. The van der Waals surface area contributed by atoms with Gasteiger partial charge in [0, 0.05) is 23.7 Å². The van der Waals surface area contributed by atoms with Crippen LogP contribution in [0.3, 0.4) is 0 Å². The van der Waals surface area contributed by atoms with Crippen LogP contribution in [0.15, 0.2) is 65.7 Å². The maximum Gasteiger partial charge on any atom is 0.0918 e. The first kappa shape index (κ1) is 18.8. The van der Waals surface area contributed by atoms with Crippen LogP contribution in [-0.2, 0) is 19.3 Å². The molecule has 3 N–H and O–H groups in total. The van der Waals surface area contributed by atoms with Crippen LogP contribution in [0.5, 0.6) is 0 Å². The molecule has 0 fully saturated rings. The third kappa shape index (κ3) is 3.57. The van der Waals surface area contributed by atoms with Crippen molar-refractivity contribution in [1.29, 1.82) is 0 Å². The van der Waals surface area contributed by atoms with Gasteiger partial charge >= 0.3 is 0 Å². The molecule has 3 aliphatic rings. The van der Waals surface area contributed by atoms with E-state index in [2.05, 4.69) is 46.7 Å². The van der Waals surface area contributed by atoms with Crippen LogP contribution in [0.1, 0.15) is 41.1 Å². The molecule has 0 saturated heterocycles. The molecule has 3 aromatic carbocycles. The van der Waals surface area contributed by atoms with Gasteiger partial charge in [-0.25, -0.2) is 4.99 Å². The van der Waals surface area contributed by atoms with Crippen LogP contribution in [0.4, 0.5) is 0 Å². The first-order valence-electron chi connectivity index (χ1n) is 10.8. The maximum absolute atomic E-state index is 6.27. The zero-order valence-corrected chi connectivity index (χ0v) is 17.1. The van der Waals surface area contributed by atoms with Crippen molar-refractivity contribution in [3.63, 3.8) is 0 Å². The van der Waals surface area contributed by atoms with E-state index in [0.717, 1.165) is 11.6 Å². The number of benzene rings is 3. The molecule has 1 aliphatic heterocycles. The smallest absolute Gasteiger partial charge is 0.0918 e. The lowest BCUT2D eigenvalue weighted by molar-refractivity contribution is 0.566. The van der Waals surface area contributed by atoms with Gasteiger partial charge in [-0.2, -0.15) is 0 Å². The number of hydrogen-bond acceptors (Lipinski definition) is 3. The van der Waals surface area contributed by atoms with E-state index in [1.807, 2.05) is 36.7 Å². The monoisotopic (exact) mass is 393 g/mol. The molecule has 6 rings (SSSR count). The molecule has 0 bridgehead atoms. The van der Waals surface area contributed by atoms with Crippen LogP contribution in [0, 0.1) is 0 Å². The Kier molecular flexibility index (Phi) is 5.20. The van der Waals surface area contributed by atoms with Crippen molar-refractivity contribution in [2.24, 2.45) is 10.7 Å². The minimum atomic E-state index is 0.256. The number of aliphatic imine (C=N–C) groups is 1. The second-order valence-corrected chi connectivity index (χ2v) is 8.16. The Morgan fingerprint density at radius 2 is 1.63 bits per heavy atom. The van der Waals surface area contributed by atoms with E-state index in [0.29, 0.717) is 0 Å². The molecule has 1 atom stereocenters. The highest BCUT2D eigenvalue weighted by Gasteiger charge is 2.24. The number of fused-ring (bicyclic) bond motifs is 6. The Labute approximate surface area is 177 Å². The zero-order valence-electron chi connectivity index (χ0n) is 17.1. The van der Waals surface area contributed by atoms with Gasteiger partial charge < -0.3 is 11.1 Å². The summed E-state index contributed by atoms with van der Waals surface area (Å²) < 4.78 is 0. The summed E-state index contributed by atoms with van der Waals surface area (Å²) in [5.74, 6) is 0. The molecule has 3 nitrogen and oxygen atoms in total. The summed E-state index contributed by atoms with van der Waals surface area (Å²) in [6, 6.07) is 21.8. The number of aryl methyl sites for hydroxylation is 1. The predicted molar refractivity (Wildman–Crippen MR) is 125 cm³/mol. The summed E-state index contributed by atoms with van der Waals surface area (Å²) in [5.41, 5.74) is 15.2. The summed E-state index contributed by atoms with van der Waals surface area (Å²) in [6.45, 7) is 0. The summed E-state index contributed by atoms with van der Waals surface area (Å²) in [6.07, 6.45) is 11.4. The zero-order chi connectivity index (χ0) is 20.3. The van der Waals surface area contributed by atoms with E-state index < -0.39 is 0 Å². The first-order valence-corrected chi connectivity index (χ1v) is 10.8. The van der Waals surface area contributed by atoms with E-state index in [9.17, 15) is 0 Å². The van der Waals surface area contributed by atoms with Crippen LogP contribution in [0.25, 0.3) is 23.5 Å². The quantitative estimate of drug-likeness (QED) is 0.613. The van der Waals surface area contributed by atoms with Crippen molar-refractivity contribution in [2.45, 2.75) is 38.1 Å². The van der Waals surface area contributed by atoms with Crippen LogP contribution in [-0.4, -0.2) is 6.34 Å². The molecule has 0 saturated carbocycles. The Bertz CT molecular complexity index is 1220. The van der Waals surface area contributed by atoms with E-state index >= 15 is 0 Å². The van der Waals surface area contributed by atoms with Gasteiger partial charge in [0.1, 0.15) is 0 Å². The predicted octanol–water partition coefficient (Wildman–Crippen LogP) is 3.58. The number of hydrogen-bond donors (Lipinski definition) is 2. The average molecular weight is 394 g/mol. The molecular formula is C27H27N3. The fourth-order valence-corrected chi connectivity index (χ4v) is 4.85. The minimum absolute atomic E-state index is 0.256. The molecular weight excluding hydrogens is 366 g/mol. The van der Waals surface area contributed by atoms with Crippen molar-refractivity contribution in [1.82, 2.24) is 5.32 Å². The highest BCUT2D eigenvalue weighted by molar-refractivity contribution is 5.75. The van der Waals surface area contributed by atoms with Gasteiger partial charge in [-0.15, -0.1) is 0 Å². The third-order valence-electron chi connectivity index (χ3n) is 6.36. The normalized spacial score (nSPS) is 17.8. The summed E-state index contributed by atoms with van der Waals surface area (Å²) in [4.78, 5) is 4.02. The molecule has 30 heavy (non-hydrogen) atoms. The second-order valence-electron chi connectivity index (χ2n) is 8.16. The number of nitrogens with two attached hydrogens (primary N) is 1. The molecule has 0 amide bonds. The van der Waals surface area contributed by atoms with Gasteiger partial charge in [-0.05, 0) is 70.7 Å². The molecule has 0 radical (unpaired) electrons. The molecule has 150 valence electrons. The average Bonchev–Trinajstić information content (AvgIpc) is 3.05. The summed E-state index contributed by atoms with van der Waals surface area (Å²) >= 11 is 0. The van der Waals surface area contributed by atoms with E-state index in [4.69, 9.17) is 5.73 Å². The van der Waals surface area contributed by atoms with Crippen molar-refractivity contribution in [2.75, 3.05) is 0 Å². The molecule has 2 aliphatic carbocycles. The molecule has 1 unspecified atom stereocenters. The van der Waals surface area contributed by atoms with Crippen LogP contribution < -0.4 is 21.5 Å². The van der Waals surface area contributed by atoms with Gasteiger partial charge in [0.2, 0.25) is 0 Å². The number of nitrogens with one attached hydrogen (secondary N) is 1. The maximum atomic E-state index is 6.27. The summed E-state index contributed by atoms with van der Waals surface area (Å²) in [5, 5.41) is 5.27. The summed E-state index contributed by atoms with van der Waals surface area (Å²) in [7, 11) is 0. The van der Waals surface area contributed by atoms with Gasteiger partial charge in [-0.3, -0.25) is 0 Å². The Morgan fingerprint density at radius 3 is 2.57 bits per heavy atom. The second kappa shape index (κ2) is 8.29. The molecule has 3 heteroatoms. The van der Waals surface area contributed by atoms with Crippen LogP contribution >= 0.6 is 0 Å². The highest BCUT2D eigenvalue weighted by atomic mass is 14.9. The number of rotatable bonds is 0. The van der Waals surface area contributed by atoms with Gasteiger partial charge in [0.05, 0.1) is 6.34 Å². The third-order valence-corrected chi connectivity index (χ3v) is 6.36. The van der Waals surface area contributed by atoms with Gasteiger partial charge in [-0.1, -0.05) is 60.7 Å². The number of nitrogens with zero attached hydrogens (tertiary/aromatic N) is 1. The van der Waals surface area contributed by atoms with Crippen molar-refractivity contribution >= 4 is 18.7 Å². The molecule has 1 heterocycles. The Balaban J connectivity index is 0.000000149. The minimum Gasteiger partial charge on any atom is -0.352 e. The topological polar surface area (TPSA) is 50.4 Å². The molecule has 0 spiro atoms. The Morgan fingerprint density at radius 1 is 0.800 bits per heavy atom. The van der Waals surface area contributed by atoms with Crippen molar-refractivity contribution in [3.8, 4) is 11.1 Å². The van der Waals surface area contributed by atoms with E-state index in [1.165, 1.54) is 53.2 Å². The molecule has 0 aromatic heterocycles. The first-order chi connectivity index (χ1) is 14.8. The highest BCUT2D eigenvalue weighted by Crippen LogP contribution is 2.40. The van der Waals surface area contributed by atoms with E-state index in [-0.39, 0.29) is 6.04 Å². The fraction of sp³-hybridized carbons (Fsp3) is 0.222.